The zero-order valence-electron chi connectivity index (χ0n) is 16.5. The number of hydrogen-bond acceptors (Lipinski definition) is 4. The van der Waals surface area contributed by atoms with E-state index in [-0.39, 0.29) is 17.9 Å². The van der Waals surface area contributed by atoms with Gasteiger partial charge >= 0.3 is 0 Å². The normalized spacial score (nSPS) is 18.2. The lowest BCUT2D eigenvalue weighted by molar-refractivity contribution is 0.267. The van der Waals surface area contributed by atoms with Crippen LogP contribution in [-0.4, -0.2) is 20.0 Å². The molecule has 2 unspecified atom stereocenters. The smallest absolute Gasteiger partial charge is 0.170 e. The first-order chi connectivity index (χ1) is 15.2. The van der Waals surface area contributed by atoms with Crippen molar-refractivity contribution in [3.63, 3.8) is 0 Å². The molecule has 2 atom stereocenters. The molecule has 1 aliphatic rings. The molecule has 4 heterocycles. The summed E-state index contributed by atoms with van der Waals surface area (Å²) in [6.45, 7) is 0.535. The molecule has 0 amide bonds. The number of furan rings is 1. The van der Waals surface area contributed by atoms with Gasteiger partial charge < -0.3 is 14.6 Å². The molecule has 1 aromatic carbocycles. The highest BCUT2D eigenvalue weighted by atomic mass is 32.1. The largest absolute Gasteiger partial charge is 0.459 e. The van der Waals surface area contributed by atoms with Crippen LogP contribution in [-0.2, 0) is 6.54 Å². The lowest BCUT2D eigenvalue weighted by atomic mass is 10.0. The molecule has 3 aromatic heterocycles. The molecule has 1 fully saturated rings. The van der Waals surface area contributed by atoms with Crippen LogP contribution >= 0.6 is 12.2 Å². The SMILES string of the molecule is Fc1ccc(-c2ccc(C3C(c4ccccn4)NC(=S)N3Cc3ccccn3)o2)cc1. The van der Waals surface area contributed by atoms with Crippen molar-refractivity contribution < 1.29 is 8.81 Å². The van der Waals surface area contributed by atoms with E-state index in [9.17, 15) is 4.39 Å². The summed E-state index contributed by atoms with van der Waals surface area (Å²) in [5, 5.41) is 4.02. The Labute approximate surface area is 184 Å². The van der Waals surface area contributed by atoms with Crippen molar-refractivity contribution in [2.24, 2.45) is 0 Å². The fourth-order valence-electron chi connectivity index (χ4n) is 3.83. The van der Waals surface area contributed by atoms with Crippen LogP contribution in [0.2, 0.25) is 0 Å². The summed E-state index contributed by atoms with van der Waals surface area (Å²) >= 11 is 5.68. The van der Waals surface area contributed by atoms with E-state index in [4.69, 9.17) is 16.6 Å². The molecule has 154 valence electrons. The third-order valence-electron chi connectivity index (χ3n) is 5.30. The first kappa shape index (κ1) is 19.4. The lowest BCUT2D eigenvalue weighted by Crippen LogP contribution is -2.29. The van der Waals surface area contributed by atoms with E-state index in [2.05, 4.69) is 20.2 Å². The number of nitrogens with one attached hydrogen (secondary N) is 1. The number of thiocarbonyl (C=S) groups is 1. The van der Waals surface area contributed by atoms with E-state index < -0.39 is 0 Å². The van der Waals surface area contributed by atoms with Crippen LogP contribution in [0.25, 0.3) is 11.3 Å². The summed E-state index contributed by atoms with van der Waals surface area (Å²) in [6.07, 6.45) is 3.54. The topological polar surface area (TPSA) is 54.2 Å². The Morgan fingerprint density at radius 3 is 2.42 bits per heavy atom. The van der Waals surface area contributed by atoms with Crippen LogP contribution < -0.4 is 5.32 Å². The van der Waals surface area contributed by atoms with Gasteiger partial charge in [-0.3, -0.25) is 9.97 Å². The third-order valence-corrected chi connectivity index (χ3v) is 5.66. The average molecular weight is 431 g/mol. The van der Waals surface area contributed by atoms with E-state index in [1.165, 1.54) is 12.1 Å². The molecular formula is C24H19FN4OS. The zero-order chi connectivity index (χ0) is 21.2. The number of rotatable bonds is 5. The molecule has 0 bridgehead atoms. The van der Waals surface area contributed by atoms with Crippen LogP contribution in [0, 0.1) is 5.82 Å². The predicted octanol–water partition coefficient (Wildman–Crippen LogP) is 5.05. The average Bonchev–Trinajstić information content (AvgIpc) is 3.41. The number of pyridine rings is 2. The Balaban J connectivity index is 1.53. The molecule has 5 nitrogen and oxygen atoms in total. The van der Waals surface area contributed by atoms with Gasteiger partial charge in [0.25, 0.3) is 0 Å². The molecule has 0 saturated carbocycles. The van der Waals surface area contributed by atoms with Crippen LogP contribution in [0.3, 0.4) is 0 Å². The fraction of sp³-hybridized carbons (Fsp3) is 0.125. The molecule has 1 N–H and O–H groups in total. The highest BCUT2D eigenvalue weighted by molar-refractivity contribution is 7.80. The molecule has 1 aliphatic heterocycles. The van der Waals surface area contributed by atoms with Gasteiger partial charge in [-0.25, -0.2) is 4.39 Å². The monoisotopic (exact) mass is 430 g/mol. The fourth-order valence-corrected chi connectivity index (χ4v) is 4.14. The number of aromatic nitrogens is 2. The quantitative estimate of drug-likeness (QED) is 0.447. The lowest BCUT2D eigenvalue weighted by Gasteiger charge is -2.25. The molecule has 0 spiro atoms. The molecule has 0 radical (unpaired) electrons. The number of halogens is 1. The van der Waals surface area contributed by atoms with E-state index >= 15 is 0 Å². The second kappa shape index (κ2) is 8.28. The van der Waals surface area contributed by atoms with Crippen LogP contribution in [0.1, 0.15) is 29.2 Å². The standard InChI is InChI=1S/C24H19FN4OS/c25-17-9-7-16(8-10-17)20-11-12-21(30-20)23-22(19-6-2-4-14-27-19)28-24(31)29(23)15-18-5-1-3-13-26-18/h1-14,22-23H,15H2,(H,28,31). The highest BCUT2D eigenvalue weighted by Crippen LogP contribution is 2.41. The maximum absolute atomic E-state index is 13.3. The van der Waals surface area contributed by atoms with Crippen molar-refractivity contribution in [2.45, 2.75) is 18.6 Å². The molecule has 31 heavy (non-hydrogen) atoms. The zero-order valence-corrected chi connectivity index (χ0v) is 17.3. The van der Waals surface area contributed by atoms with Gasteiger partial charge in [0.2, 0.25) is 0 Å². The molecule has 0 aliphatic carbocycles. The summed E-state index contributed by atoms with van der Waals surface area (Å²) < 4.78 is 19.6. The highest BCUT2D eigenvalue weighted by Gasteiger charge is 2.41. The van der Waals surface area contributed by atoms with Crippen LogP contribution in [0.4, 0.5) is 4.39 Å². The maximum Gasteiger partial charge on any atom is 0.170 e. The van der Waals surface area contributed by atoms with Gasteiger partial charge in [-0.15, -0.1) is 0 Å². The molecule has 5 rings (SSSR count). The third kappa shape index (κ3) is 3.92. The van der Waals surface area contributed by atoms with Crippen LogP contribution in [0.15, 0.2) is 89.6 Å². The number of hydrogen-bond donors (Lipinski definition) is 1. The number of benzene rings is 1. The Bertz CT molecular complexity index is 1180. The summed E-state index contributed by atoms with van der Waals surface area (Å²) in [4.78, 5) is 11.1. The van der Waals surface area contributed by atoms with Crippen LogP contribution in [0.5, 0.6) is 0 Å². The van der Waals surface area contributed by atoms with Crippen molar-refractivity contribution in [3.05, 3.63) is 108 Å². The van der Waals surface area contributed by atoms with Crippen molar-refractivity contribution in [2.75, 3.05) is 0 Å². The molecule has 4 aromatic rings. The molecule has 7 heteroatoms. The van der Waals surface area contributed by atoms with Crippen molar-refractivity contribution in [1.82, 2.24) is 20.2 Å². The van der Waals surface area contributed by atoms with Gasteiger partial charge in [-0.1, -0.05) is 12.1 Å². The Morgan fingerprint density at radius 2 is 1.71 bits per heavy atom. The minimum Gasteiger partial charge on any atom is -0.459 e. The second-order valence-electron chi connectivity index (χ2n) is 7.28. The van der Waals surface area contributed by atoms with Gasteiger partial charge in [0.15, 0.2) is 5.11 Å². The number of nitrogens with zero attached hydrogens (tertiary/aromatic N) is 3. The van der Waals surface area contributed by atoms with Gasteiger partial charge in [0, 0.05) is 18.0 Å². The Kier molecular flexibility index (Phi) is 5.18. The maximum atomic E-state index is 13.3. The van der Waals surface area contributed by atoms with E-state index in [0.717, 1.165) is 22.7 Å². The Morgan fingerprint density at radius 1 is 0.935 bits per heavy atom. The molecule has 1 saturated heterocycles. The predicted molar refractivity (Wildman–Crippen MR) is 119 cm³/mol. The summed E-state index contributed by atoms with van der Waals surface area (Å²) in [5.41, 5.74) is 2.59. The summed E-state index contributed by atoms with van der Waals surface area (Å²) in [7, 11) is 0. The minimum absolute atomic E-state index is 0.176. The van der Waals surface area contributed by atoms with Gasteiger partial charge in [-0.2, -0.15) is 0 Å². The summed E-state index contributed by atoms with van der Waals surface area (Å²) in [6, 6.07) is 21.4. The van der Waals surface area contributed by atoms with E-state index in [1.807, 2.05) is 48.5 Å². The van der Waals surface area contributed by atoms with Crippen molar-refractivity contribution >= 4 is 17.3 Å². The van der Waals surface area contributed by atoms with Gasteiger partial charge in [0.05, 0.1) is 24.0 Å². The molecular weight excluding hydrogens is 411 g/mol. The van der Waals surface area contributed by atoms with E-state index in [0.29, 0.717) is 17.4 Å². The van der Waals surface area contributed by atoms with Gasteiger partial charge in [0.1, 0.15) is 23.4 Å². The van der Waals surface area contributed by atoms with E-state index in [1.54, 1.807) is 24.5 Å². The van der Waals surface area contributed by atoms with Gasteiger partial charge in [-0.05, 0) is 72.9 Å². The Hall–Kier alpha value is -3.58. The summed E-state index contributed by atoms with van der Waals surface area (Å²) in [5.74, 6) is 1.14. The minimum atomic E-state index is -0.280. The van der Waals surface area contributed by atoms with Crippen molar-refractivity contribution in [1.29, 1.82) is 0 Å². The first-order valence-electron chi connectivity index (χ1n) is 9.93. The first-order valence-corrected chi connectivity index (χ1v) is 10.3. The van der Waals surface area contributed by atoms with Crippen molar-refractivity contribution in [3.8, 4) is 11.3 Å². The second-order valence-corrected chi connectivity index (χ2v) is 7.67.